The van der Waals surface area contributed by atoms with Crippen LogP contribution in [0.2, 0.25) is 0 Å². The van der Waals surface area contributed by atoms with E-state index in [-0.39, 0.29) is 5.97 Å². The summed E-state index contributed by atoms with van der Waals surface area (Å²) in [4.78, 5) is 15.5. The molecular formula is C11H18N2O3S. The van der Waals surface area contributed by atoms with E-state index in [1.165, 1.54) is 11.3 Å². The summed E-state index contributed by atoms with van der Waals surface area (Å²) in [6, 6.07) is 0. The van der Waals surface area contributed by atoms with Gasteiger partial charge < -0.3 is 14.8 Å². The number of rotatable bonds is 8. The Kier molecular flexibility index (Phi) is 6.57. The standard InChI is InChI=1S/C11H18N2O3S/c1-3-16-10(14)9-8-17-11(13-9)12-6-4-5-7-15-2/h8H,3-7H2,1-2H3,(H,12,13). The number of carbonyl (C=O) groups excluding carboxylic acids is 1. The fourth-order valence-electron chi connectivity index (χ4n) is 1.22. The van der Waals surface area contributed by atoms with Crippen molar-refractivity contribution in [3.63, 3.8) is 0 Å². The van der Waals surface area contributed by atoms with Crippen molar-refractivity contribution in [1.29, 1.82) is 0 Å². The van der Waals surface area contributed by atoms with E-state index in [1.54, 1.807) is 19.4 Å². The van der Waals surface area contributed by atoms with Gasteiger partial charge in [-0.3, -0.25) is 0 Å². The molecule has 0 aromatic carbocycles. The predicted octanol–water partition coefficient (Wildman–Crippen LogP) is 2.16. The summed E-state index contributed by atoms with van der Waals surface area (Å²) in [7, 11) is 1.69. The summed E-state index contributed by atoms with van der Waals surface area (Å²) in [6.07, 6.45) is 2.03. The molecule has 1 aromatic heterocycles. The minimum Gasteiger partial charge on any atom is -0.461 e. The van der Waals surface area contributed by atoms with Gasteiger partial charge in [-0.2, -0.15) is 0 Å². The van der Waals surface area contributed by atoms with Gasteiger partial charge in [0.25, 0.3) is 0 Å². The van der Waals surface area contributed by atoms with Gasteiger partial charge in [0, 0.05) is 25.6 Å². The van der Waals surface area contributed by atoms with Crippen molar-refractivity contribution in [3.8, 4) is 0 Å². The second-order valence-electron chi connectivity index (χ2n) is 3.39. The summed E-state index contributed by atoms with van der Waals surface area (Å²) in [6.45, 7) is 3.75. The number of anilines is 1. The van der Waals surface area contributed by atoms with Gasteiger partial charge in [-0.15, -0.1) is 11.3 Å². The van der Waals surface area contributed by atoms with Crippen LogP contribution in [0.4, 0.5) is 5.13 Å². The summed E-state index contributed by atoms with van der Waals surface area (Å²) >= 11 is 1.41. The molecule has 1 rings (SSSR count). The molecule has 0 fully saturated rings. The molecule has 5 nitrogen and oxygen atoms in total. The molecule has 0 aliphatic carbocycles. The third-order valence-electron chi connectivity index (χ3n) is 2.04. The summed E-state index contributed by atoms with van der Waals surface area (Å²) in [5.74, 6) is -0.365. The number of nitrogens with zero attached hydrogens (tertiary/aromatic N) is 1. The van der Waals surface area contributed by atoms with Crippen molar-refractivity contribution >= 4 is 22.4 Å². The van der Waals surface area contributed by atoms with Gasteiger partial charge in [-0.25, -0.2) is 9.78 Å². The first-order chi connectivity index (χ1) is 8.27. The van der Waals surface area contributed by atoms with E-state index in [0.717, 1.165) is 31.1 Å². The second-order valence-corrected chi connectivity index (χ2v) is 4.24. The highest BCUT2D eigenvalue weighted by molar-refractivity contribution is 7.13. The van der Waals surface area contributed by atoms with E-state index < -0.39 is 0 Å². The fourth-order valence-corrected chi connectivity index (χ4v) is 1.93. The Hall–Kier alpha value is -1.14. The van der Waals surface area contributed by atoms with Crippen molar-refractivity contribution in [2.45, 2.75) is 19.8 Å². The first-order valence-electron chi connectivity index (χ1n) is 5.63. The molecule has 1 heterocycles. The Morgan fingerprint density at radius 2 is 2.35 bits per heavy atom. The monoisotopic (exact) mass is 258 g/mol. The van der Waals surface area contributed by atoms with Crippen molar-refractivity contribution in [3.05, 3.63) is 11.1 Å². The number of esters is 1. The molecule has 0 atom stereocenters. The maximum Gasteiger partial charge on any atom is 0.357 e. The molecule has 0 amide bonds. The van der Waals surface area contributed by atoms with E-state index in [2.05, 4.69) is 10.3 Å². The highest BCUT2D eigenvalue weighted by atomic mass is 32.1. The lowest BCUT2D eigenvalue weighted by Crippen LogP contribution is -2.06. The van der Waals surface area contributed by atoms with Gasteiger partial charge in [-0.1, -0.05) is 0 Å². The first-order valence-corrected chi connectivity index (χ1v) is 6.51. The quantitative estimate of drug-likeness (QED) is 0.572. The van der Waals surface area contributed by atoms with Gasteiger partial charge in [0.15, 0.2) is 10.8 Å². The molecule has 0 spiro atoms. The topological polar surface area (TPSA) is 60.5 Å². The van der Waals surface area contributed by atoms with Crippen LogP contribution in [0.1, 0.15) is 30.3 Å². The van der Waals surface area contributed by atoms with Crippen LogP contribution in [-0.2, 0) is 9.47 Å². The molecule has 0 unspecified atom stereocenters. The van der Waals surface area contributed by atoms with Crippen molar-refractivity contribution in [2.24, 2.45) is 0 Å². The molecule has 1 aromatic rings. The van der Waals surface area contributed by atoms with Gasteiger partial charge in [0.2, 0.25) is 0 Å². The lowest BCUT2D eigenvalue weighted by atomic mass is 10.3. The fraction of sp³-hybridized carbons (Fsp3) is 0.636. The minimum atomic E-state index is -0.365. The van der Waals surface area contributed by atoms with Crippen LogP contribution < -0.4 is 5.32 Å². The average Bonchev–Trinajstić information content (AvgIpc) is 2.78. The van der Waals surface area contributed by atoms with Crippen LogP contribution in [0, 0.1) is 0 Å². The van der Waals surface area contributed by atoms with E-state index >= 15 is 0 Å². The highest BCUT2D eigenvalue weighted by Crippen LogP contribution is 2.16. The number of thiazole rings is 1. The maximum absolute atomic E-state index is 11.4. The largest absolute Gasteiger partial charge is 0.461 e. The maximum atomic E-state index is 11.4. The third-order valence-corrected chi connectivity index (χ3v) is 2.84. The number of aromatic nitrogens is 1. The van der Waals surface area contributed by atoms with E-state index in [9.17, 15) is 4.79 Å². The van der Waals surface area contributed by atoms with Gasteiger partial charge in [0.1, 0.15) is 0 Å². The second kappa shape index (κ2) is 8.03. The Bertz CT molecular complexity index is 341. The molecule has 17 heavy (non-hydrogen) atoms. The average molecular weight is 258 g/mol. The number of methoxy groups -OCH3 is 1. The normalized spacial score (nSPS) is 10.2. The van der Waals surface area contributed by atoms with Crippen LogP contribution >= 0.6 is 11.3 Å². The molecule has 0 aliphatic heterocycles. The van der Waals surface area contributed by atoms with E-state index in [0.29, 0.717) is 12.3 Å². The zero-order valence-corrected chi connectivity index (χ0v) is 11.0. The van der Waals surface area contributed by atoms with Crippen LogP contribution in [0.5, 0.6) is 0 Å². The molecular weight excluding hydrogens is 240 g/mol. The molecule has 96 valence electrons. The lowest BCUT2D eigenvalue weighted by Gasteiger charge is -2.01. The smallest absolute Gasteiger partial charge is 0.357 e. The molecule has 0 radical (unpaired) electrons. The first kappa shape index (κ1) is 13.9. The number of nitrogens with one attached hydrogen (secondary N) is 1. The van der Waals surface area contributed by atoms with E-state index in [1.807, 2.05) is 0 Å². The van der Waals surface area contributed by atoms with Crippen LogP contribution in [0.25, 0.3) is 0 Å². The third kappa shape index (κ3) is 5.14. The summed E-state index contributed by atoms with van der Waals surface area (Å²) in [5.41, 5.74) is 0.372. The molecule has 0 saturated carbocycles. The molecule has 6 heteroatoms. The zero-order chi connectivity index (χ0) is 12.5. The number of ether oxygens (including phenoxy) is 2. The number of hydrogen-bond donors (Lipinski definition) is 1. The SMILES string of the molecule is CCOC(=O)c1csc(NCCCCOC)n1. The van der Waals surface area contributed by atoms with E-state index in [4.69, 9.17) is 9.47 Å². The lowest BCUT2D eigenvalue weighted by molar-refractivity contribution is 0.0520. The van der Waals surface area contributed by atoms with Crippen LogP contribution in [0.15, 0.2) is 5.38 Å². The van der Waals surface area contributed by atoms with Gasteiger partial charge in [-0.05, 0) is 19.8 Å². The number of hydrogen-bond acceptors (Lipinski definition) is 6. The van der Waals surface area contributed by atoms with Crippen LogP contribution in [0.3, 0.4) is 0 Å². The Morgan fingerprint density at radius 3 is 3.06 bits per heavy atom. The Morgan fingerprint density at radius 1 is 1.53 bits per heavy atom. The molecule has 1 N–H and O–H groups in total. The van der Waals surface area contributed by atoms with Gasteiger partial charge in [0.05, 0.1) is 6.61 Å². The molecule has 0 bridgehead atoms. The summed E-state index contributed by atoms with van der Waals surface area (Å²) < 4.78 is 9.81. The van der Waals surface area contributed by atoms with Crippen molar-refractivity contribution in [2.75, 3.05) is 32.2 Å². The zero-order valence-electron chi connectivity index (χ0n) is 10.2. The Labute approximate surface area is 105 Å². The number of carbonyl (C=O) groups is 1. The predicted molar refractivity (Wildman–Crippen MR) is 67.7 cm³/mol. The minimum absolute atomic E-state index is 0.365. The highest BCUT2D eigenvalue weighted by Gasteiger charge is 2.10. The number of unbranched alkanes of at least 4 members (excludes halogenated alkanes) is 1. The summed E-state index contributed by atoms with van der Waals surface area (Å²) in [5, 5.41) is 5.62. The van der Waals surface area contributed by atoms with Crippen molar-refractivity contribution < 1.29 is 14.3 Å². The Balaban J connectivity index is 2.28. The van der Waals surface area contributed by atoms with Crippen molar-refractivity contribution in [1.82, 2.24) is 4.98 Å². The molecule has 0 aliphatic rings. The van der Waals surface area contributed by atoms with Crippen LogP contribution in [-0.4, -0.2) is 37.8 Å². The molecule has 0 saturated heterocycles. The van der Waals surface area contributed by atoms with Gasteiger partial charge >= 0.3 is 5.97 Å².